The third-order valence-corrected chi connectivity index (χ3v) is 7.34. The first kappa shape index (κ1) is 18.7. The number of hydrogen-bond donors (Lipinski definition) is 0. The molecular weight excluding hydrogens is 406 g/mol. The number of piperazine rings is 1. The second-order valence-corrected chi connectivity index (χ2v) is 9.57. The molecule has 150 valence electrons. The van der Waals surface area contributed by atoms with Gasteiger partial charge in [-0.05, 0) is 25.1 Å². The molecule has 7 nitrogen and oxygen atoms in total. The van der Waals surface area contributed by atoms with Gasteiger partial charge in [0.15, 0.2) is 5.01 Å². The van der Waals surface area contributed by atoms with Crippen molar-refractivity contribution in [2.75, 3.05) is 39.3 Å². The summed E-state index contributed by atoms with van der Waals surface area (Å²) in [5.41, 5.74) is 1.61. The van der Waals surface area contributed by atoms with Crippen LogP contribution in [0.25, 0.3) is 10.2 Å². The average Bonchev–Trinajstić information content (AvgIpc) is 3.35. The molecule has 4 heterocycles. The Balaban J connectivity index is 1.15. The molecule has 0 unspecified atom stereocenters. The van der Waals surface area contributed by atoms with Gasteiger partial charge in [-0.3, -0.25) is 14.5 Å². The van der Waals surface area contributed by atoms with Crippen molar-refractivity contribution in [2.24, 2.45) is 0 Å². The van der Waals surface area contributed by atoms with E-state index in [2.05, 4.69) is 14.9 Å². The van der Waals surface area contributed by atoms with Crippen LogP contribution in [-0.2, 0) is 0 Å². The fraction of sp³-hybridized carbons (Fsp3) is 0.400. The number of rotatable bonds is 3. The molecule has 9 heteroatoms. The van der Waals surface area contributed by atoms with Gasteiger partial charge in [-0.2, -0.15) is 0 Å². The number of fused-ring (bicyclic) bond motifs is 1. The Bertz CT molecular complexity index is 1050. The van der Waals surface area contributed by atoms with E-state index < -0.39 is 0 Å². The SMILES string of the molecule is Cc1nc2cc(C(=O)N3CC(N4CCN(C(=O)c5nccs5)CC4)C3)ccc2s1. The number of likely N-dealkylation sites (tertiary alicyclic amines) is 1. The first-order valence-corrected chi connectivity index (χ1v) is 11.4. The summed E-state index contributed by atoms with van der Waals surface area (Å²) in [7, 11) is 0. The summed E-state index contributed by atoms with van der Waals surface area (Å²) in [6.07, 6.45) is 1.67. The molecule has 2 aliphatic heterocycles. The molecule has 1 aromatic carbocycles. The van der Waals surface area contributed by atoms with Gasteiger partial charge in [-0.15, -0.1) is 22.7 Å². The van der Waals surface area contributed by atoms with E-state index in [1.165, 1.54) is 11.3 Å². The largest absolute Gasteiger partial charge is 0.335 e. The number of aryl methyl sites for hydroxylation is 1. The fourth-order valence-electron chi connectivity index (χ4n) is 3.96. The summed E-state index contributed by atoms with van der Waals surface area (Å²) in [5, 5.41) is 3.41. The van der Waals surface area contributed by atoms with E-state index >= 15 is 0 Å². The molecular formula is C20H21N5O2S2. The molecule has 2 aromatic heterocycles. The van der Waals surface area contributed by atoms with Crippen LogP contribution in [-0.4, -0.2) is 81.8 Å². The molecule has 0 spiro atoms. The normalized spacial score (nSPS) is 18.2. The molecule has 0 bridgehead atoms. The summed E-state index contributed by atoms with van der Waals surface area (Å²) in [6, 6.07) is 6.17. The topological polar surface area (TPSA) is 69.6 Å². The van der Waals surface area contributed by atoms with Gasteiger partial charge in [0.1, 0.15) is 0 Å². The Hall–Kier alpha value is -2.36. The lowest BCUT2D eigenvalue weighted by atomic mass is 10.0. The van der Waals surface area contributed by atoms with Gasteiger partial charge >= 0.3 is 0 Å². The van der Waals surface area contributed by atoms with Crippen molar-refractivity contribution < 1.29 is 9.59 Å². The number of carbonyl (C=O) groups excluding carboxylic acids is 2. The number of nitrogens with zero attached hydrogens (tertiary/aromatic N) is 5. The summed E-state index contributed by atoms with van der Waals surface area (Å²) in [5.74, 6) is 0.101. The van der Waals surface area contributed by atoms with E-state index in [0.29, 0.717) is 29.7 Å². The lowest BCUT2D eigenvalue weighted by Gasteiger charge is -2.48. The summed E-state index contributed by atoms with van der Waals surface area (Å²) < 4.78 is 1.12. The monoisotopic (exact) mass is 427 g/mol. The third kappa shape index (κ3) is 3.54. The van der Waals surface area contributed by atoms with Crippen LogP contribution in [0.5, 0.6) is 0 Å². The van der Waals surface area contributed by atoms with Crippen LogP contribution in [0, 0.1) is 6.92 Å². The molecule has 0 aliphatic carbocycles. The van der Waals surface area contributed by atoms with Gasteiger partial charge in [0.2, 0.25) is 0 Å². The molecule has 2 fully saturated rings. The van der Waals surface area contributed by atoms with Crippen molar-refractivity contribution in [1.29, 1.82) is 0 Å². The van der Waals surface area contributed by atoms with Crippen LogP contribution in [0.15, 0.2) is 29.8 Å². The quantitative estimate of drug-likeness (QED) is 0.642. The van der Waals surface area contributed by atoms with Gasteiger partial charge in [-0.25, -0.2) is 9.97 Å². The maximum atomic E-state index is 12.8. The number of benzene rings is 1. The zero-order valence-corrected chi connectivity index (χ0v) is 17.7. The van der Waals surface area contributed by atoms with Crippen molar-refractivity contribution in [2.45, 2.75) is 13.0 Å². The average molecular weight is 428 g/mol. The van der Waals surface area contributed by atoms with E-state index in [-0.39, 0.29) is 11.8 Å². The van der Waals surface area contributed by atoms with Crippen LogP contribution in [0.1, 0.15) is 25.2 Å². The van der Waals surface area contributed by atoms with Crippen molar-refractivity contribution in [3.05, 3.63) is 45.4 Å². The van der Waals surface area contributed by atoms with Gasteiger partial charge in [0, 0.05) is 62.5 Å². The minimum Gasteiger partial charge on any atom is -0.335 e. The standard InChI is InChI=1S/C20H21N5O2S2/c1-13-22-16-10-14(2-3-17(16)29-13)19(26)25-11-15(12-25)23-5-7-24(8-6-23)20(27)18-21-4-9-28-18/h2-4,9-10,15H,5-8,11-12H2,1H3. The molecule has 2 amide bonds. The second kappa shape index (κ2) is 7.47. The van der Waals surface area contributed by atoms with E-state index in [1.807, 2.05) is 40.3 Å². The Morgan fingerprint density at radius 2 is 1.86 bits per heavy atom. The van der Waals surface area contributed by atoms with Crippen molar-refractivity contribution in [3.8, 4) is 0 Å². The highest BCUT2D eigenvalue weighted by Gasteiger charge is 2.37. The maximum absolute atomic E-state index is 12.8. The number of amides is 2. The van der Waals surface area contributed by atoms with Crippen LogP contribution in [0.4, 0.5) is 0 Å². The minimum atomic E-state index is 0.0257. The van der Waals surface area contributed by atoms with Gasteiger partial charge in [-0.1, -0.05) is 0 Å². The maximum Gasteiger partial charge on any atom is 0.282 e. The van der Waals surface area contributed by atoms with Crippen LogP contribution in [0.3, 0.4) is 0 Å². The Morgan fingerprint density at radius 3 is 2.59 bits per heavy atom. The number of carbonyl (C=O) groups is 2. The predicted octanol–water partition coefficient (Wildman–Crippen LogP) is 2.34. The van der Waals surface area contributed by atoms with Crippen molar-refractivity contribution in [1.82, 2.24) is 24.7 Å². The molecule has 3 aromatic rings. The van der Waals surface area contributed by atoms with E-state index in [9.17, 15) is 9.59 Å². The molecule has 2 saturated heterocycles. The minimum absolute atomic E-state index is 0.0257. The van der Waals surface area contributed by atoms with E-state index in [1.54, 1.807) is 17.5 Å². The highest BCUT2D eigenvalue weighted by Crippen LogP contribution is 2.25. The number of aromatic nitrogens is 2. The third-order valence-electron chi connectivity index (χ3n) is 5.62. The highest BCUT2D eigenvalue weighted by molar-refractivity contribution is 7.18. The van der Waals surface area contributed by atoms with E-state index in [0.717, 1.165) is 41.4 Å². The fourth-order valence-corrected chi connectivity index (χ4v) is 5.37. The van der Waals surface area contributed by atoms with Crippen molar-refractivity contribution in [3.63, 3.8) is 0 Å². The Kier molecular flexibility index (Phi) is 4.81. The molecule has 2 aliphatic rings. The number of thiazole rings is 2. The molecule has 0 radical (unpaired) electrons. The van der Waals surface area contributed by atoms with Gasteiger partial charge in [0.05, 0.1) is 15.2 Å². The highest BCUT2D eigenvalue weighted by atomic mass is 32.1. The lowest BCUT2D eigenvalue weighted by molar-refractivity contribution is 0.00854. The molecule has 0 atom stereocenters. The summed E-state index contributed by atoms with van der Waals surface area (Å²) >= 11 is 3.03. The predicted molar refractivity (Wildman–Crippen MR) is 114 cm³/mol. The zero-order chi connectivity index (χ0) is 20.0. The smallest absolute Gasteiger partial charge is 0.282 e. The summed E-state index contributed by atoms with van der Waals surface area (Å²) in [6.45, 7) is 6.57. The lowest BCUT2D eigenvalue weighted by Crippen LogP contribution is -2.64. The zero-order valence-electron chi connectivity index (χ0n) is 16.1. The Morgan fingerprint density at radius 1 is 1.07 bits per heavy atom. The molecule has 0 saturated carbocycles. The van der Waals surface area contributed by atoms with Gasteiger partial charge < -0.3 is 9.80 Å². The van der Waals surface area contributed by atoms with Crippen LogP contribution in [0.2, 0.25) is 0 Å². The van der Waals surface area contributed by atoms with Crippen LogP contribution < -0.4 is 0 Å². The van der Waals surface area contributed by atoms with Gasteiger partial charge in [0.25, 0.3) is 11.8 Å². The second-order valence-electron chi connectivity index (χ2n) is 7.44. The summed E-state index contributed by atoms with van der Waals surface area (Å²) in [4.78, 5) is 40.0. The first-order chi connectivity index (χ1) is 14.1. The molecule has 29 heavy (non-hydrogen) atoms. The molecule has 5 rings (SSSR count). The number of hydrogen-bond acceptors (Lipinski definition) is 7. The first-order valence-electron chi connectivity index (χ1n) is 9.68. The molecule has 0 N–H and O–H groups in total. The van der Waals surface area contributed by atoms with E-state index in [4.69, 9.17) is 0 Å². The van der Waals surface area contributed by atoms with Crippen LogP contribution >= 0.6 is 22.7 Å². The van der Waals surface area contributed by atoms with Crippen molar-refractivity contribution >= 4 is 44.7 Å². The Labute approximate surface area is 176 Å².